The molecule has 0 aliphatic heterocycles. The van der Waals surface area contributed by atoms with E-state index in [1.165, 1.54) is 0 Å². The van der Waals surface area contributed by atoms with Crippen LogP contribution in [0.2, 0.25) is 0 Å². The lowest BCUT2D eigenvalue weighted by atomic mass is 10.1. The molecule has 2 aromatic carbocycles. The molecule has 0 spiro atoms. The minimum atomic E-state index is -0.0206. The fourth-order valence-electron chi connectivity index (χ4n) is 2.34. The smallest absolute Gasteiger partial charge is 0.185 e. The molecule has 0 saturated carbocycles. The summed E-state index contributed by atoms with van der Waals surface area (Å²) >= 11 is 0. The van der Waals surface area contributed by atoms with Gasteiger partial charge < -0.3 is 4.90 Å². The molecule has 0 amide bonds. The molecule has 1 aromatic heterocycles. The van der Waals surface area contributed by atoms with Gasteiger partial charge in [0.25, 0.3) is 0 Å². The lowest BCUT2D eigenvalue weighted by molar-refractivity contribution is 0.104. The lowest BCUT2D eigenvalue weighted by Crippen LogP contribution is -2.08. The van der Waals surface area contributed by atoms with Gasteiger partial charge in [0.15, 0.2) is 5.78 Å². The fraction of sp³-hybridized carbons (Fsp3) is 0.100. The minimum absolute atomic E-state index is 0.0206. The van der Waals surface area contributed by atoms with Crippen molar-refractivity contribution in [3.05, 3.63) is 84.2 Å². The zero-order chi connectivity index (χ0) is 16.9. The molecule has 0 aliphatic carbocycles. The van der Waals surface area contributed by atoms with Crippen molar-refractivity contribution >= 4 is 17.5 Å². The number of ketones is 1. The van der Waals surface area contributed by atoms with Crippen LogP contribution in [0.4, 0.5) is 5.69 Å². The maximum Gasteiger partial charge on any atom is 0.185 e. The summed E-state index contributed by atoms with van der Waals surface area (Å²) < 4.78 is 1.79. The third kappa shape index (κ3) is 3.60. The van der Waals surface area contributed by atoms with Gasteiger partial charge in [-0.05, 0) is 48.6 Å². The second-order valence-corrected chi connectivity index (χ2v) is 5.69. The molecule has 120 valence electrons. The van der Waals surface area contributed by atoms with Crippen LogP contribution in [-0.2, 0) is 0 Å². The third-order valence-corrected chi connectivity index (χ3v) is 3.72. The molecular weight excluding hydrogens is 298 g/mol. The van der Waals surface area contributed by atoms with Crippen LogP contribution in [0.3, 0.4) is 0 Å². The van der Waals surface area contributed by atoms with E-state index < -0.39 is 0 Å². The maximum absolute atomic E-state index is 12.2. The number of carbonyl (C=O) groups excluding carboxylic acids is 1. The summed E-state index contributed by atoms with van der Waals surface area (Å²) in [6.45, 7) is 0. The summed E-state index contributed by atoms with van der Waals surface area (Å²) in [6.07, 6.45) is 7.01. The first kappa shape index (κ1) is 15.7. The maximum atomic E-state index is 12.2. The number of para-hydroxylation sites is 1. The molecule has 0 radical (unpaired) electrons. The average Bonchev–Trinajstić information content (AvgIpc) is 3.09. The Bertz CT molecular complexity index is 846. The van der Waals surface area contributed by atoms with Crippen molar-refractivity contribution in [3.8, 4) is 5.69 Å². The fourth-order valence-corrected chi connectivity index (χ4v) is 2.34. The van der Waals surface area contributed by atoms with Crippen LogP contribution in [-0.4, -0.2) is 29.7 Å². The Morgan fingerprint density at radius 2 is 1.75 bits per heavy atom. The standard InChI is InChI=1S/C20H19N3O/c1-22(2)18-11-9-17(10-12-18)20(24)13-8-16-14-21-23(15-16)19-6-4-3-5-7-19/h3-15H,1-2H3/b13-8+. The first-order valence-electron chi connectivity index (χ1n) is 7.73. The number of anilines is 1. The predicted octanol–water partition coefficient (Wildman–Crippen LogP) is 3.83. The zero-order valence-corrected chi connectivity index (χ0v) is 13.8. The summed E-state index contributed by atoms with van der Waals surface area (Å²) in [6, 6.07) is 17.4. The highest BCUT2D eigenvalue weighted by Gasteiger charge is 2.03. The quantitative estimate of drug-likeness (QED) is 0.530. The van der Waals surface area contributed by atoms with Gasteiger partial charge in [-0.3, -0.25) is 4.79 Å². The van der Waals surface area contributed by atoms with E-state index in [1.807, 2.05) is 79.8 Å². The van der Waals surface area contributed by atoms with Crippen molar-refractivity contribution in [2.45, 2.75) is 0 Å². The molecule has 0 aliphatic rings. The van der Waals surface area contributed by atoms with Crippen LogP contribution in [0.25, 0.3) is 11.8 Å². The molecule has 3 rings (SSSR count). The van der Waals surface area contributed by atoms with Gasteiger partial charge in [0.05, 0.1) is 11.9 Å². The SMILES string of the molecule is CN(C)c1ccc(C(=O)/C=C/c2cnn(-c3ccccc3)c2)cc1. The molecule has 3 aromatic rings. The van der Waals surface area contributed by atoms with Crippen molar-refractivity contribution in [3.63, 3.8) is 0 Å². The highest BCUT2D eigenvalue weighted by atomic mass is 16.1. The van der Waals surface area contributed by atoms with Gasteiger partial charge in [-0.1, -0.05) is 18.2 Å². The molecule has 0 bridgehead atoms. The third-order valence-electron chi connectivity index (χ3n) is 3.72. The number of aromatic nitrogens is 2. The van der Waals surface area contributed by atoms with Crippen LogP contribution >= 0.6 is 0 Å². The van der Waals surface area contributed by atoms with Gasteiger partial charge in [-0.15, -0.1) is 0 Å². The number of hydrogen-bond acceptors (Lipinski definition) is 3. The molecule has 4 heteroatoms. The summed E-state index contributed by atoms with van der Waals surface area (Å²) in [5.41, 5.74) is 3.62. The number of benzene rings is 2. The Morgan fingerprint density at radius 3 is 2.42 bits per heavy atom. The predicted molar refractivity (Wildman–Crippen MR) is 97.7 cm³/mol. The van der Waals surface area contributed by atoms with Gasteiger partial charge in [-0.25, -0.2) is 4.68 Å². The summed E-state index contributed by atoms with van der Waals surface area (Å²) in [4.78, 5) is 14.3. The molecule has 24 heavy (non-hydrogen) atoms. The highest BCUT2D eigenvalue weighted by molar-refractivity contribution is 6.06. The van der Waals surface area contributed by atoms with Crippen LogP contribution < -0.4 is 4.90 Å². The van der Waals surface area contributed by atoms with E-state index in [4.69, 9.17) is 0 Å². The van der Waals surface area contributed by atoms with E-state index in [1.54, 1.807) is 23.0 Å². The Kier molecular flexibility index (Phi) is 4.57. The summed E-state index contributed by atoms with van der Waals surface area (Å²) in [7, 11) is 3.95. The van der Waals surface area contributed by atoms with Crippen molar-refractivity contribution in [1.82, 2.24) is 9.78 Å². The van der Waals surface area contributed by atoms with Crippen LogP contribution in [0.5, 0.6) is 0 Å². The van der Waals surface area contributed by atoms with Gasteiger partial charge in [0.1, 0.15) is 0 Å². The molecular formula is C20H19N3O. The second kappa shape index (κ2) is 6.96. The van der Waals surface area contributed by atoms with Crippen molar-refractivity contribution < 1.29 is 4.79 Å². The molecule has 0 unspecified atom stereocenters. The molecule has 1 heterocycles. The van der Waals surface area contributed by atoms with Crippen molar-refractivity contribution in [1.29, 1.82) is 0 Å². The number of carbonyl (C=O) groups is 1. The lowest BCUT2D eigenvalue weighted by Gasteiger charge is -2.11. The van der Waals surface area contributed by atoms with E-state index >= 15 is 0 Å². The summed E-state index contributed by atoms with van der Waals surface area (Å²) in [5.74, 6) is -0.0206. The Balaban J connectivity index is 1.71. The van der Waals surface area contributed by atoms with E-state index in [-0.39, 0.29) is 5.78 Å². The van der Waals surface area contributed by atoms with Crippen LogP contribution in [0.15, 0.2) is 73.1 Å². The Labute approximate surface area is 141 Å². The average molecular weight is 317 g/mol. The molecule has 0 atom stereocenters. The molecule has 4 nitrogen and oxygen atoms in total. The van der Waals surface area contributed by atoms with E-state index in [0.717, 1.165) is 16.9 Å². The topological polar surface area (TPSA) is 38.1 Å². The van der Waals surface area contributed by atoms with Crippen LogP contribution in [0.1, 0.15) is 15.9 Å². The monoisotopic (exact) mass is 317 g/mol. The van der Waals surface area contributed by atoms with E-state index in [9.17, 15) is 4.79 Å². The number of rotatable bonds is 5. The minimum Gasteiger partial charge on any atom is -0.378 e. The number of nitrogens with zero attached hydrogens (tertiary/aromatic N) is 3. The Hall–Kier alpha value is -3.14. The van der Waals surface area contributed by atoms with E-state index in [2.05, 4.69) is 5.10 Å². The number of allylic oxidation sites excluding steroid dienone is 1. The second-order valence-electron chi connectivity index (χ2n) is 5.69. The van der Waals surface area contributed by atoms with Gasteiger partial charge in [-0.2, -0.15) is 5.10 Å². The van der Waals surface area contributed by atoms with Crippen molar-refractivity contribution in [2.24, 2.45) is 0 Å². The molecule has 0 fully saturated rings. The normalized spacial score (nSPS) is 10.9. The molecule has 0 saturated heterocycles. The van der Waals surface area contributed by atoms with E-state index in [0.29, 0.717) is 5.56 Å². The van der Waals surface area contributed by atoms with Gasteiger partial charge in [0, 0.05) is 37.1 Å². The number of hydrogen-bond donors (Lipinski definition) is 0. The van der Waals surface area contributed by atoms with Gasteiger partial charge in [0.2, 0.25) is 0 Å². The highest BCUT2D eigenvalue weighted by Crippen LogP contribution is 2.14. The Morgan fingerprint density at radius 1 is 1.04 bits per heavy atom. The van der Waals surface area contributed by atoms with Crippen molar-refractivity contribution in [2.75, 3.05) is 19.0 Å². The van der Waals surface area contributed by atoms with Crippen LogP contribution in [0, 0.1) is 0 Å². The largest absolute Gasteiger partial charge is 0.378 e. The molecule has 0 N–H and O–H groups in total. The van der Waals surface area contributed by atoms with Gasteiger partial charge >= 0.3 is 0 Å². The zero-order valence-electron chi connectivity index (χ0n) is 13.8. The summed E-state index contributed by atoms with van der Waals surface area (Å²) in [5, 5.41) is 4.32. The first-order chi connectivity index (χ1) is 11.6. The first-order valence-corrected chi connectivity index (χ1v) is 7.73.